The first-order valence-electron chi connectivity index (χ1n) is 6.39. The van der Waals surface area contributed by atoms with Crippen LogP contribution in [-0.2, 0) is 0 Å². The summed E-state index contributed by atoms with van der Waals surface area (Å²) in [7, 11) is 0. The lowest BCUT2D eigenvalue weighted by atomic mass is 10.1. The number of amides is 2. The molecule has 10 nitrogen and oxygen atoms in total. The molecule has 0 fully saturated rings. The molecule has 2 aromatic rings. The van der Waals surface area contributed by atoms with Gasteiger partial charge in [0.05, 0.1) is 26.4 Å². The number of rotatable bonds is 4. The molecule has 2 N–H and O–H groups in total. The molecule has 1 aromatic carbocycles. The minimum atomic E-state index is -0.913. The minimum Gasteiger partial charge on any atom is -0.267 e. The molecule has 0 bridgehead atoms. The van der Waals surface area contributed by atoms with Gasteiger partial charge in [0.1, 0.15) is 0 Å². The zero-order valence-corrected chi connectivity index (χ0v) is 13.0. The standard InChI is InChI=1S/C13H10N4O6S/c1-7-2-3-11(24-7)13(19)15-14-12(18)8-4-9(16(20)21)6-10(5-8)17(22)23/h2-6H,1H3,(H,14,18)(H,15,19). The zero-order valence-electron chi connectivity index (χ0n) is 12.1. The van der Waals surface area contributed by atoms with Gasteiger partial charge in [0.25, 0.3) is 23.2 Å². The molecule has 0 aliphatic rings. The number of carbonyl (C=O) groups is 2. The molecule has 0 radical (unpaired) electrons. The summed E-state index contributed by atoms with van der Waals surface area (Å²) in [5.74, 6) is -1.48. The van der Waals surface area contributed by atoms with Gasteiger partial charge in [0.2, 0.25) is 0 Å². The third kappa shape index (κ3) is 3.89. The fourth-order valence-corrected chi connectivity index (χ4v) is 2.50. The number of nitrogens with one attached hydrogen (secondary N) is 2. The number of hydrogen-bond acceptors (Lipinski definition) is 7. The van der Waals surface area contributed by atoms with E-state index in [4.69, 9.17) is 0 Å². The van der Waals surface area contributed by atoms with Gasteiger partial charge in [-0.25, -0.2) is 0 Å². The molecular weight excluding hydrogens is 340 g/mol. The molecule has 1 aromatic heterocycles. The first kappa shape index (κ1) is 17.0. The van der Waals surface area contributed by atoms with E-state index in [0.717, 1.165) is 23.1 Å². The van der Waals surface area contributed by atoms with Crippen molar-refractivity contribution in [3.63, 3.8) is 0 Å². The average Bonchev–Trinajstić information content (AvgIpc) is 2.98. The van der Waals surface area contributed by atoms with E-state index >= 15 is 0 Å². The van der Waals surface area contributed by atoms with E-state index in [1.165, 1.54) is 11.3 Å². The van der Waals surface area contributed by atoms with E-state index in [-0.39, 0.29) is 5.56 Å². The highest BCUT2D eigenvalue weighted by molar-refractivity contribution is 7.13. The van der Waals surface area contributed by atoms with Gasteiger partial charge in [-0.05, 0) is 19.1 Å². The molecular formula is C13H10N4O6S. The van der Waals surface area contributed by atoms with Crippen LogP contribution < -0.4 is 10.9 Å². The largest absolute Gasteiger partial charge is 0.279 e. The second kappa shape index (κ2) is 6.83. The number of hydrogen-bond donors (Lipinski definition) is 2. The van der Waals surface area contributed by atoms with Crippen LogP contribution in [-0.4, -0.2) is 21.7 Å². The number of non-ortho nitro benzene ring substituents is 2. The van der Waals surface area contributed by atoms with Gasteiger partial charge < -0.3 is 0 Å². The fourth-order valence-electron chi connectivity index (χ4n) is 1.74. The van der Waals surface area contributed by atoms with Crippen molar-refractivity contribution < 1.29 is 19.4 Å². The van der Waals surface area contributed by atoms with E-state index in [0.29, 0.717) is 4.88 Å². The Bertz CT molecular complexity index is 814. The summed E-state index contributed by atoms with van der Waals surface area (Å²) in [6, 6.07) is 5.79. The highest BCUT2D eigenvalue weighted by Gasteiger charge is 2.20. The van der Waals surface area contributed by atoms with Crippen molar-refractivity contribution in [3.8, 4) is 0 Å². The van der Waals surface area contributed by atoms with E-state index in [1.807, 2.05) is 6.92 Å². The first-order valence-corrected chi connectivity index (χ1v) is 7.20. The van der Waals surface area contributed by atoms with E-state index < -0.39 is 33.0 Å². The quantitative estimate of drug-likeness (QED) is 0.637. The molecule has 24 heavy (non-hydrogen) atoms. The van der Waals surface area contributed by atoms with Gasteiger partial charge in [0, 0.05) is 17.0 Å². The summed E-state index contributed by atoms with van der Waals surface area (Å²) in [6.45, 7) is 1.81. The number of hydrazine groups is 1. The molecule has 0 atom stereocenters. The van der Waals surface area contributed by atoms with Crippen LogP contribution in [0.2, 0.25) is 0 Å². The SMILES string of the molecule is Cc1ccc(C(=O)NNC(=O)c2cc([N+](=O)[O-])cc([N+](=O)[O-])c2)s1. The number of nitrogens with zero attached hydrogens (tertiary/aromatic N) is 2. The van der Waals surface area contributed by atoms with Crippen molar-refractivity contribution >= 4 is 34.5 Å². The van der Waals surface area contributed by atoms with Crippen LogP contribution in [0, 0.1) is 27.2 Å². The molecule has 11 heteroatoms. The second-order valence-electron chi connectivity index (χ2n) is 4.57. The lowest BCUT2D eigenvalue weighted by Gasteiger charge is -2.06. The van der Waals surface area contributed by atoms with Crippen molar-refractivity contribution in [2.24, 2.45) is 0 Å². The molecule has 2 rings (SSSR count). The van der Waals surface area contributed by atoms with Crippen LogP contribution in [0.15, 0.2) is 30.3 Å². The number of benzene rings is 1. The smallest absolute Gasteiger partial charge is 0.267 e. The van der Waals surface area contributed by atoms with Crippen LogP contribution in [0.5, 0.6) is 0 Å². The lowest BCUT2D eigenvalue weighted by molar-refractivity contribution is -0.394. The van der Waals surface area contributed by atoms with E-state index in [2.05, 4.69) is 10.9 Å². The Balaban J connectivity index is 2.15. The van der Waals surface area contributed by atoms with Crippen LogP contribution in [0.1, 0.15) is 24.9 Å². The van der Waals surface area contributed by atoms with Crippen LogP contribution in [0.3, 0.4) is 0 Å². The second-order valence-corrected chi connectivity index (χ2v) is 5.86. The molecule has 2 amide bonds. The number of nitro benzene ring substituents is 2. The number of aryl methyl sites for hydroxylation is 1. The number of carbonyl (C=O) groups excluding carboxylic acids is 2. The average molecular weight is 350 g/mol. The van der Waals surface area contributed by atoms with Gasteiger partial charge in [-0.2, -0.15) is 0 Å². The van der Waals surface area contributed by atoms with Crippen molar-refractivity contribution in [2.45, 2.75) is 6.92 Å². The van der Waals surface area contributed by atoms with Crippen molar-refractivity contribution in [1.82, 2.24) is 10.9 Å². The van der Waals surface area contributed by atoms with E-state index in [1.54, 1.807) is 12.1 Å². The maximum Gasteiger partial charge on any atom is 0.279 e. The van der Waals surface area contributed by atoms with Crippen LogP contribution in [0.25, 0.3) is 0 Å². The van der Waals surface area contributed by atoms with Crippen LogP contribution >= 0.6 is 11.3 Å². The predicted molar refractivity (Wildman–Crippen MR) is 83.7 cm³/mol. The van der Waals surface area contributed by atoms with Crippen LogP contribution in [0.4, 0.5) is 11.4 Å². The van der Waals surface area contributed by atoms with Crippen molar-refractivity contribution in [3.05, 3.63) is 65.9 Å². The lowest BCUT2D eigenvalue weighted by Crippen LogP contribution is -2.41. The van der Waals surface area contributed by atoms with Gasteiger partial charge in [0.15, 0.2) is 0 Å². The Morgan fingerprint density at radius 2 is 1.50 bits per heavy atom. The molecule has 0 spiro atoms. The maximum atomic E-state index is 12.0. The monoisotopic (exact) mass is 350 g/mol. The summed E-state index contributed by atoms with van der Waals surface area (Å²) in [5, 5.41) is 21.6. The third-order valence-corrected chi connectivity index (χ3v) is 3.84. The van der Waals surface area contributed by atoms with E-state index in [9.17, 15) is 29.8 Å². The highest BCUT2D eigenvalue weighted by atomic mass is 32.1. The van der Waals surface area contributed by atoms with Gasteiger partial charge >= 0.3 is 0 Å². The molecule has 0 saturated heterocycles. The molecule has 1 heterocycles. The summed E-state index contributed by atoms with van der Waals surface area (Å²) in [4.78, 5) is 44.9. The topological polar surface area (TPSA) is 144 Å². The third-order valence-electron chi connectivity index (χ3n) is 2.84. The number of thiophene rings is 1. The van der Waals surface area contributed by atoms with Gasteiger partial charge in [-0.3, -0.25) is 40.7 Å². The Kier molecular flexibility index (Phi) is 4.84. The Hall–Kier alpha value is -3.34. The van der Waals surface area contributed by atoms with Crippen molar-refractivity contribution in [1.29, 1.82) is 0 Å². The normalized spacial score (nSPS) is 10.0. The minimum absolute atomic E-state index is 0.321. The summed E-state index contributed by atoms with van der Waals surface area (Å²) < 4.78 is 0. The molecule has 0 unspecified atom stereocenters. The summed E-state index contributed by atoms with van der Waals surface area (Å²) >= 11 is 1.21. The molecule has 124 valence electrons. The predicted octanol–water partition coefficient (Wildman–Crippen LogP) is 1.95. The van der Waals surface area contributed by atoms with Gasteiger partial charge in [-0.15, -0.1) is 11.3 Å². The Labute approximate surface area is 138 Å². The Morgan fingerprint density at radius 1 is 0.958 bits per heavy atom. The van der Waals surface area contributed by atoms with Crippen molar-refractivity contribution in [2.75, 3.05) is 0 Å². The molecule has 0 saturated carbocycles. The highest BCUT2D eigenvalue weighted by Crippen LogP contribution is 2.22. The first-order chi connectivity index (χ1) is 11.3. The fraction of sp³-hybridized carbons (Fsp3) is 0.0769. The zero-order chi connectivity index (χ0) is 17.9. The van der Waals surface area contributed by atoms with Gasteiger partial charge in [-0.1, -0.05) is 0 Å². The molecule has 0 aliphatic carbocycles. The maximum absolute atomic E-state index is 12.0. The summed E-state index contributed by atoms with van der Waals surface area (Å²) in [6.07, 6.45) is 0. The molecule has 0 aliphatic heterocycles. The summed E-state index contributed by atoms with van der Waals surface area (Å²) in [5.41, 5.74) is 2.68. The Morgan fingerprint density at radius 3 is 1.96 bits per heavy atom. The number of nitro groups is 2.